The Hall–Kier alpha value is -2.38. The molecule has 158 valence electrons. The van der Waals surface area contributed by atoms with Crippen LogP contribution in [0.3, 0.4) is 0 Å². The maximum atomic E-state index is 12.6. The molecule has 0 saturated carbocycles. The average molecular weight is 418 g/mol. The number of para-hydroxylation sites is 1. The number of carbonyl (C=O) groups is 1. The molecule has 2 rings (SSSR count). The first-order valence-corrected chi connectivity index (χ1v) is 11.2. The summed E-state index contributed by atoms with van der Waals surface area (Å²) in [5.74, 6) is -0.258. The third-order valence-electron chi connectivity index (χ3n) is 5.03. The number of rotatable bonds is 9. The summed E-state index contributed by atoms with van der Waals surface area (Å²) in [6, 6.07) is 13.4. The molecule has 0 aliphatic rings. The predicted octanol–water partition coefficient (Wildman–Crippen LogP) is 3.20. The Labute approximate surface area is 174 Å². The van der Waals surface area contributed by atoms with Crippen molar-refractivity contribution in [3.8, 4) is 0 Å². The van der Waals surface area contributed by atoms with Gasteiger partial charge in [-0.1, -0.05) is 18.2 Å². The number of hydrogen-bond acceptors (Lipinski definition) is 4. The molecule has 0 unspecified atom stereocenters. The number of anilines is 1. The summed E-state index contributed by atoms with van der Waals surface area (Å²) in [6.45, 7) is 7.92. The molecule has 0 heterocycles. The molecular weight excluding hydrogens is 386 g/mol. The van der Waals surface area contributed by atoms with E-state index in [2.05, 4.69) is 29.3 Å². The molecule has 0 atom stereocenters. The van der Waals surface area contributed by atoms with Crippen LogP contribution in [-0.4, -0.2) is 52.4 Å². The first-order valence-electron chi connectivity index (χ1n) is 9.80. The highest BCUT2D eigenvalue weighted by molar-refractivity contribution is 7.89. The van der Waals surface area contributed by atoms with Crippen molar-refractivity contribution >= 4 is 21.6 Å². The van der Waals surface area contributed by atoms with Crippen LogP contribution in [0.1, 0.15) is 34.8 Å². The summed E-state index contributed by atoms with van der Waals surface area (Å²) in [4.78, 5) is 15.0. The van der Waals surface area contributed by atoms with Crippen LogP contribution >= 0.6 is 0 Å². The molecule has 7 heteroatoms. The lowest BCUT2D eigenvalue weighted by molar-refractivity contribution is 0.0953. The van der Waals surface area contributed by atoms with Crippen molar-refractivity contribution in [1.29, 1.82) is 0 Å². The molecule has 1 amide bonds. The SMILES string of the molecule is CCN(CCCNC(=O)c1cc(C)c(C)c(S(=O)(=O)N(C)C)c1)c1ccccc1. The van der Waals surface area contributed by atoms with Gasteiger partial charge in [0.15, 0.2) is 0 Å². The molecule has 0 spiro atoms. The van der Waals surface area contributed by atoms with Crippen molar-refractivity contribution < 1.29 is 13.2 Å². The van der Waals surface area contributed by atoms with E-state index in [4.69, 9.17) is 0 Å². The van der Waals surface area contributed by atoms with Gasteiger partial charge in [-0.2, -0.15) is 0 Å². The van der Waals surface area contributed by atoms with Crippen molar-refractivity contribution in [1.82, 2.24) is 9.62 Å². The van der Waals surface area contributed by atoms with E-state index in [1.165, 1.54) is 24.5 Å². The van der Waals surface area contributed by atoms with Crippen molar-refractivity contribution in [2.24, 2.45) is 0 Å². The van der Waals surface area contributed by atoms with Crippen LogP contribution in [0.5, 0.6) is 0 Å². The van der Waals surface area contributed by atoms with E-state index in [0.29, 0.717) is 17.7 Å². The molecule has 0 bridgehead atoms. The summed E-state index contributed by atoms with van der Waals surface area (Å²) in [7, 11) is -0.632. The minimum absolute atomic E-state index is 0.175. The van der Waals surface area contributed by atoms with Gasteiger partial charge in [-0.25, -0.2) is 12.7 Å². The fourth-order valence-electron chi connectivity index (χ4n) is 3.11. The molecule has 0 radical (unpaired) electrons. The second kappa shape index (κ2) is 9.89. The zero-order valence-corrected chi connectivity index (χ0v) is 18.7. The summed E-state index contributed by atoms with van der Waals surface area (Å²) in [6.07, 6.45) is 0.794. The number of amides is 1. The lowest BCUT2D eigenvalue weighted by atomic mass is 10.1. The second-order valence-electron chi connectivity index (χ2n) is 7.23. The van der Waals surface area contributed by atoms with Gasteiger partial charge in [-0.05, 0) is 62.6 Å². The second-order valence-corrected chi connectivity index (χ2v) is 9.35. The zero-order chi connectivity index (χ0) is 21.6. The first kappa shape index (κ1) is 22.9. The molecule has 2 aromatic rings. The third kappa shape index (κ3) is 5.58. The van der Waals surface area contributed by atoms with Crippen LogP contribution in [0.4, 0.5) is 5.69 Å². The number of benzene rings is 2. The fraction of sp³-hybridized carbons (Fsp3) is 0.409. The van der Waals surface area contributed by atoms with E-state index >= 15 is 0 Å². The van der Waals surface area contributed by atoms with E-state index in [1.807, 2.05) is 25.1 Å². The minimum Gasteiger partial charge on any atom is -0.372 e. The zero-order valence-electron chi connectivity index (χ0n) is 17.9. The first-order chi connectivity index (χ1) is 13.7. The van der Waals surface area contributed by atoms with Crippen molar-refractivity contribution in [3.05, 3.63) is 59.2 Å². The number of sulfonamides is 1. The molecule has 0 fully saturated rings. The highest BCUT2D eigenvalue weighted by Gasteiger charge is 2.22. The quantitative estimate of drug-likeness (QED) is 0.636. The Kier molecular flexibility index (Phi) is 7.81. The van der Waals surface area contributed by atoms with Gasteiger partial charge >= 0.3 is 0 Å². The molecule has 1 N–H and O–H groups in total. The van der Waals surface area contributed by atoms with Gasteiger partial charge in [0, 0.05) is 45.0 Å². The molecule has 0 aliphatic carbocycles. The van der Waals surface area contributed by atoms with E-state index in [9.17, 15) is 13.2 Å². The van der Waals surface area contributed by atoms with E-state index in [0.717, 1.165) is 30.8 Å². The maximum Gasteiger partial charge on any atom is 0.251 e. The highest BCUT2D eigenvalue weighted by Crippen LogP contribution is 2.23. The smallest absolute Gasteiger partial charge is 0.251 e. The van der Waals surface area contributed by atoms with Crippen LogP contribution in [0.25, 0.3) is 0 Å². The van der Waals surface area contributed by atoms with Crippen molar-refractivity contribution in [2.75, 3.05) is 38.6 Å². The Morgan fingerprint density at radius 3 is 2.31 bits per heavy atom. The lowest BCUT2D eigenvalue weighted by Crippen LogP contribution is -2.30. The third-order valence-corrected chi connectivity index (χ3v) is 6.98. The monoisotopic (exact) mass is 417 g/mol. The van der Waals surface area contributed by atoms with Crippen LogP contribution < -0.4 is 10.2 Å². The highest BCUT2D eigenvalue weighted by atomic mass is 32.2. The maximum absolute atomic E-state index is 12.6. The molecule has 0 aliphatic heterocycles. The summed E-state index contributed by atoms with van der Waals surface area (Å²) in [5.41, 5.74) is 2.97. The van der Waals surface area contributed by atoms with Crippen LogP contribution in [0, 0.1) is 13.8 Å². The fourth-order valence-corrected chi connectivity index (χ4v) is 4.32. The molecule has 6 nitrogen and oxygen atoms in total. The van der Waals surface area contributed by atoms with Crippen molar-refractivity contribution in [2.45, 2.75) is 32.1 Å². The van der Waals surface area contributed by atoms with Gasteiger partial charge < -0.3 is 10.2 Å². The van der Waals surface area contributed by atoms with Gasteiger partial charge in [0.25, 0.3) is 5.91 Å². The largest absolute Gasteiger partial charge is 0.372 e. The number of hydrogen-bond donors (Lipinski definition) is 1. The summed E-state index contributed by atoms with van der Waals surface area (Å²) < 4.78 is 26.3. The van der Waals surface area contributed by atoms with Gasteiger partial charge in [-0.15, -0.1) is 0 Å². The Morgan fingerprint density at radius 2 is 1.72 bits per heavy atom. The molecule has 29 heavy (non-hydrogen) atoms. The van der Waals surface area contributed by atoms with Gasteiger partial charge in [-0.3, -0.25) is 4.79 Å². The van der Waals surface area contributed by atoms with Crippen molar-refractivity contribution in [3.63, 3.8) is 0 Å². The number of carbonyl (C=O) groups excluding carboxylic acids is 1. The van der Waals surface area contributed by atoms with Gasteiger partial charge in [0.2, 0.25) is 10.0 Å². The van der Waals surface area contributed by atoms with Gasteiger partial charge in [0.1, 0.15) is 0 Å². The minimum atomic E-state index is -3.61. The Bertz CT molecular complexity index is 941. The molecule has 0 saturated heterocycles. The van der Waals surface area contributed by atoms with Crippen LogP contribution in [0.2, 0.25) is 0 Å². The van der Waals surface area contributed by atoms with Crippen LogP contribution in [0.15, 0.2) is 47.4 Å². The average Bonchev–Trinajstić information content (AvgIpc) is 2.70. The Morgan fingerprint density at radius 1 is 1.07 bits per heavy atom. The van der Waals surface area contributed by atoms with E-state index in [1.54, 1.807) is 13.0 Å². The van der Waals surface area contributed by atoms with Gasteiger partial charge in [0.05, 0.1) is 4.90 Å². The lowest BCUT2D eigenvalue weighted by Gasteiger charge is -2.23. The summed E-state index contributed by atoms with van der Waals surface area (Å²) in [5, 5.41) is 2.91. The normalized spacial score (nSPS) is 11.5. The van der Waals surface area contributed by atoms with E-state index < -0.39 is 10.0 Å². The summed E-state index contributed by atoms with van der Waals surface area (Å²) >= 11 is 0. The predicted molar refractivity (Wildman–Crippen MR) is 118 cm³/mol. The van der Waals surface area contributed by atoms with E-state index in [-0.39, 0.29) is 10.8 Å². The number of nitrogens with one attached hydrogen (secondary N) is 1. The number of aryl methyl sites for hydroxylation is 1. The molecular formula is C22H31N3O3S. The topological polar surface area (TPSA) is 69.7 Å². The standard InChI is InChI=1S/C22H31N3O3S/c1-6-25(20-11-8-7-9-12-20)14-10-13-23-22(26)19-15-17(2)18(3)21(16-19)29(27,28)24(4)5/h7-9,11-12,15-16H,6,10,13-14H2,1-5H3,(H,23,26). The molecule has 2 aromatic carbocycles. The number of nitrogens with zero attached hydrogens (tertiary/aromatic N) is 2. The van der Waals surface area contributed by atoms with Crippen LogP contribution in [-0.2, 0) is 10.0 Å². The Balaban J connectivity index is 2.03. The molecule has 0 aromatic heterocycles.